The lowest BCUT2D eigenvalue weighted by Gasteiger charge is -2.31. The highest BCUT2D eigenvalue weighted by molar-refractivity contribution is 5.92. The first kappa shape index (κ1) is 46.9. The Morgan fingerprint density at radius 1 is 0.779 bits per heavy atom. The molecule has 6 unspecified atom stereocenters. The number of likely N-dealkylation sites (tertiary alicyclic amines) is 2. The summed E-state index contributed by atoms with van der Waals surface area (Å²) in [6, 6.07) is 19.1. The number of hydrogen-bond acceptors (Lipinski definition) is 12. The molecule has 2 fully saturated rings. The summed E-state index contributed by atoms with van der Waals surface area (Å²) in [5.74, 6) is 3.41. The molecule has 0 saturated carbocycles. The molecule has 5 N–H and O–H groups in total. The summed E-state index contributed by atoms with van der Waals surface area (Å²) in [6.45, 7) is 9.54. The van der Waals surface area contributed by atoms with Gasteiger partial charge < -0.3 is 53.1 Å². The maximum Gasteiger partial charge on any atom is 0.240 e. The molecule has 3 aliphatic rings. The van der Waals surface area contributed by atoms with Crippen LogP contribution in [0.4, 0.5) is 0 Å². The van der Waals surface area contributed by atoms with Crippen LogP contribution in [0.3, 0.4) is 0 Å². The van der Waals surface area contributed by atoms with Gasteiger partial charge in [-0.25, -0.2) is 9.97 Å². The number of aromatic amines is 2. The molecule has 17 nitrogen and oxygen atoms in total. The number of aromatic nitrogens is 5. The number of methoxy groups -OCH3 is 4. The van der Waals surface area contributed by atoms with E-state index < -0.39 is 18.7 Å². The fourth-order valence-corrected chi connectivity index (χ4v) is 10.1. The van der Waals surface area contributed by atoms with Gasteiger partial charge in [0.15, 0.2) is 0 Å². The number of rotatable bonds is 17. The second kappa shape index (κ2) is 19.8. The van der Waals surface area contributed by atoms with Crippen LogP contribution in [-0.4, -0.2) is 118 Å². The number of H-pyrrole nitrogens is 2. The van der Waals surface area contributed by atoms with Crippen molar-refractivity contribution in [3.05, 3.63) is 90.3 Å². The first-order valence-corrected chi connectivity index (χ1v) is 23.5. The zero-order valence-electron chi connectivity index (χ0n) is 40.0. The summed E-state index contributed by atoms with van der Waals surface area (Å²) in [4.78, 5) is 48.3. The van der Waals surface area contributed by atoms with Crippen LogP contribution in [0.1, 0.15) is 88.9 Å². The highest BCUT2D eigenvalue weighted by Gasteiger charge is 2.39. The van der Waals surface area contributed by atoms with E-state index >= 15 is 0 Å². The average Bonchev–Trinajstić information content (AvgIpc) is 4.21. The van der Waals surface area contributed by atoms with Gasteiger partial charge in [0.25, 0.3) is 0 Å². The number of carbonyl (C=O) groups excluding carboxylic acids is 2. The topological polar surface area (TPSA) is 193 Å². The monoisotopic (exact) mass is 929 g/mol. The fraction of sp³-hybridized carbons (Fsp3) is 0.451. The molecule has 17 heteroatoms. The van der Waals surface area contributed by atoms with E-state index in [2.05, 4.69) is 61.6 Å². The summed E-state index contributed by atoms with van der Waals surface area (Å²) in [5.41, 5.74) is 7.21. The largest absolute Gasteiger partial charge is 0.497 e. The van der Waals surface area contributed by atoms with Crippen LogP contribution in [0.25, 0.3) is 44.7 Å². The smallest absolute Gasteiger partial charge is 0.240 e. The number of hydrogen-bond donors (Lipinski definition) is 5. The Hall–Kier alpha value is -6.24. The quantitative estimate of drug-likeness (QED) is 0.0583. The van der Waals surface area contributed by atoms with Crippen LogP contribution < -0.4 is 24.8 Å². The minimum absolute atomic E-state index is 0.0594. The highest BCUT2D eigenvalue weighted by atomic mass is 16.6. The summed E-state index contributed by atoms with van der Waals surface area (Å²) in [5, 5.41) is 17.4. The lowest BCUT2D eigenvalue weighted by Crippen LogP contribution is -2.52. The first-order valence-electron chi connectivity index (χ1n) is 23.5. The maximum atomic E-state index is 13.9. The van der Waals surface area contributed by atoms with Crippen molar-refractivity contribution in [1.82, 2.24) is 44.9 Å². The van der Waals surface area contributed by atoms with Crippen LogP contribution >= 0.6 is 0 Å². The van der Waals surface area contributed by atoms with E-state index in [9.17, 15) is 14.7 Å². The van der Waals surface area contributed by atoms with Crippen LogP contribution in [0.15, 0.2) is 73.1 Å². The Labute approximate surface area is 396 Å². The van der Waals surface area contributed by atoms with E-state index in [4.69, 9.17) is 33.7 Å². The van der Waals surface area contributed by atoms with Gasteiger partial charge in [-0.15, -0.1) is 0 Å². The molecule has 3 aromatic heterocycles. The number of fused-ring (bicyclic) bond motifs is 5. The molecule has 0 radical (unpaired) electrons. The first-order chi connectivity index (χ1) is 32.9. The molecular formula is C51H63N9O8. The molecule has 3 aliphatic heterocycles. The molecule has 2 amide bonds. The predicted molar refractivity (Wildman–Crippen MR) is 257 cm³/mol. The average molecular weight is 930 g/mol. The Balaban J connectivity index is 1.04. The van der Waals surface area contributed by atoms with Gasteiger partial charge in [0.2, 0.25) is 24.5 Å². The van der Waals surface area contributed by atoms with Crippen molar-refractivity contribution in [3.8, 4) is 51.0 Å². The third-order valence-corrected chi connectivity index (χ3v) is 13.6. The molecule has 3 aromatic carbocycles. The summed E-state index contributed by atoms with van der Waals surface area (Å²) >= 11 is 0. The van der Waals surface area contributed by atoms with Crippen molar-refractivity contribution < 1.29 is 38.4 Å². The zero-order valence-corrected chi connectivity index (χ0v) is 40.0. The number of amides is 2. The number of aliphatic hydroxyl groups is 1. The highest BCUT2D eigenvalue weighted by Crippen LogP contribution is 2.47. The van der Waals surface area contributed by atoms with Crippen molar-refractivity contribution in [3.63, 3.8) is 0 Å². The molecule has 6 aromatic rings. The van der Waals surface area contributed by atoms with Gasteiger partial charge in [0.1, 0.15) is 28.9 Å². The third kappa shape index (κ3) is 8.96. The minimum Gasteiger partial charge on any atom is -0.497 e. The van der Waals surface area contributed by atoms with Gasteiger partial charge in [-0.3, -0.25) is 20.2 Å². The Morgan fingerprint density at radius 2 is 1.37 bits per heavy atom. The van der Waals surface area contributed by atoms with Crippen LogP contribution in [-0.2, 0) is 19.1 Å². The van der Waals surface area contributed by atoms with E-state index in [-0.39, 0.29) is 41.8 Å². The number of imidazole rings is 2. The zero-order chi connectivity index (χ0) is 47.8. The molecule has 0 bridgehead atoms. The predicted octanol–water partition coefficient (Wildman–Crippen LogP) is 7.13. The van der Waals surface area contributed by atoms with Gasteiger partial charge in [0.05, 0.1) is 80.1 Å². The van der Waals surface area contributed by atoms with E-state index in [1.165, 1.54) is 7.11 Å². The van der Waals surface area contributed by atoms with Crippen LogP contribution in [0, 0.1) is 11.8 Å². The van der Waals surface area contributed by atoms with Gasteiger partial charge in [0, 0.05) is 61.0 Å². The standard InChI is InChI=1S/C51H63N9O8/c1-28(2)44(54-27-64-5)48(61)58-17-9-11-40(58)46-52-25-37(55-46)30-14-16-39-32(19-30)22-42-36-15-13-31(23-43(36)68-50(60(39)42)33-20-34(65-6)24-35(21-33)66-7)38-26-53-47(56-38)41-12-10-18-59(41)49(62)45(29(3)4)57-51(63)67-8/h13-16,19-26,28-29,40-41,44-45,50-51,54,57,63H,9-12,17-18,27H2,1-8H3,(H,52,55)(H,53,56). The van der Waals surface area contributed by atoms with Gasteiger partial charge in [-0.2, -0.15) is 0 Å². The van der Waals surface area contributed by atoms with Gasteiger partial charge >= 0.3 is 0 Å². The molecular weight excluding hydrogens is 867 g/mol. The maximum absolute atomic E-state index is 13.9. The van der Waals surface area contributed by atoms with Gasteiger partial charge in [-0.1, -0.05) is 39.8 Å². The summed E-state index contributed by atoms with van der Waals surface area (Å²) < 4.78 is 31.0. The Morgan fingerprint density at radius 3 is 1.94 bits per heavy atom. The van der Waals surface area contributed by atoms with Crippen molar-refractivity contribution in [2.24, 2.45) is 11.8 Å². The Bertz CT molecular complexity index is 2740. The van der Waals surface area contributed by atoms with Crippen molar-refractivity contribution in [2.75, 3.05) is 48.3 Å². The number of nitrogens with one attached hydrogen (secondary N) is 4. The van der Waals surface area contributed by atoms with E-state index in [0.717, 1.165) is 81.7 Å². The number of benzene rings is 3. The van der Waals surface area contributed by atoms with E-state index in [1.54, 1.807) is 21.3 Å². The SMILES string of the molecule is COCNC(C(=O)N1CCCC1c1ncc(-c2ccc3c(c2)cc2n3C(c3cc(OC)cc(OC)c3)Oc3cc(-c4cnc(C5CCCN5C(=O)C(NC(O)OC)C(C)C)[nH]4)ccc3-2)[nH]1)C(C)C. The van der Waals surface area contributed by atoms with Crippen molar-refractivity contribution >= 4 is 22.7 Å². The minimum atomic E-state index is -1.25. The van der Waals surface area contributed by atoms with E-state index in [0.29, 0.717) is 42.9 Å². The Kier molecular flexibility index (Phi) is 13.6. The molecule has 9 rings (SSSR count). The molecule has 68 heavy (non-hydrogen) atoms. The molecule has 6 heterocycles. The second-order valence-electron chi connectivity index (χ2n) is 18.6. The van der Waals surface area contributed by atoms with Crippen LogP contribution in [0.5, 0.6) is 17.2 Å². The fourth-order valence-electron chi connectivity index (χ4n) is 10.1. The second-order valence-corrected chi connectivity index (χ2v) is 18.6. The third-order valence-electron chi connectivity index (χ3n) is 13.6. The number of carbonyl (C=O) groups is 2. The molecule has 6 atom stereocenters. The van der Waals surface area contributed by atoms with Gasteiger partial charge in [-0.05, 0) is 80.0 Å². The van der Waals surface area contributed by atoms with E-state index in [1.807, 2.05) is 74.2 Å². The number of ether oxygens (including phenoxy) is 5. The molecule has 360 valence electrons. The normalized spacial score (nSPS) is 19.3. The molecule has 0 aliphatic carbocycles. The molecule has 2 saturated heterocycles. The number of aliphatic hydroxyl groups excluding tert-OH is 1. The summed E-state index contributed by atoms with van der Waals surface area (Å²) in [6.07, 6.45) is 5.15. The summed E-state index contributed by atoms with van der Waals surface area (Å²) in [7, 11) is 6.28. The van der Waals surface area contributed by atoms with Crippen molar-refractivity contribution in [2.45, 2.75) is 90.2 Å². The lowest BCUT2D eigenvalue weighted by atomic mass is 10.0. The lowest BCUT2D eigenvalue weighted by molar-refractivity contribution is -0.145. The van der Waals surface area contributed by atoms with Crippen LogP contribution in [0.2, 0.25) is 0 Å². The number of nitrogens with zero attached hydrogens (tertiary/aromatic N) is 5. The molecule has 0 spiro atoms. The van der Waals surface area contributed by atoms with Crippen molar-refractivity contribution in [1.29, 1.82) is 0 Å².